The quantitative estimate of drug-likeness (QED) is 0.915. The predicted molar refractivity (Wildman–Crippen MR) is 81.2 cm³/mol. The van der Waals surface area contributed by atoms with Crippen molar-refractivity contribution in [2.24, 2.45) is 0 Å². The monoisotopic (exact) mass is 275 g/mol. The van der Waals surface area contributed by atoms with Crippen LogP contribution in [0.2, 0.25) is 0 Å². The molecule has 20 heavy (non-hydrogen) atoms. The molecular formula is C16H25N3O. The summed E-state index contributed by atoms with van der Waals surface area (Å²) < 4.78 is 5.61. The van der Waals surface area contributed by atoms with Crippen LogP contribution in [0.1, 0.15) is 44.1 Å². The van der Waals surface area contributed by atoms with E-state index in [-0.39, 0.29) is 6.10 Å². The van der Waals surface area contributed by atoms with Crippen LogP contribution in [0.4, 0.5) is 5.82 Å². The Labute approximate surface area is 121 Å². The highest BCUT2D eigenvalue weighted by Gasteiger charge is 2.36. The Morgan fingerprint density at radius 2 is 2.30 bits per heavy atom. The van der Waals surface area contributed by atoms with Crippen molar-refractivity contribution in [3.8, 4) is 0 Å². The van der Waals surface area contributed by atoms with Crippen molar-refractivity contribution in [1.29, 1.82) is 0 Å². The molecule has 0 spiro atoms. The maximum atomic E-state index is 5.61. The lowest BCUT2D eigenvalue weighted by molar-refractivity contribution is 0.0915. The van der Waals surface area contributed by atoms with Gasteiger partial charge in [-0.3, -0.25) is 0 Å². The summed E-state index contributed by atoms with van der Waals surface area (Å²) in [6, 6.07) is 5.50. The number of ether oxygens (including phenoxy) is 1. The molecule has 3 atom stereocenters. The van der Waals surface area contributed by atoms with E-state index in [9.17, 15) is 0 Å². The number of piperazine rings is 1. The van der Waals surface area contributed by atoms with Crippen molar-refractivity contribution in [2.45, 2.75) is 51.3 Å². The molecule has 3 rings (SSSR count). The van der Waals surface area contributed by atoms with Crippen molar-refractivity contribution < 1.29 is 4.74 Å². The van der Waals surface area contributed by atoms with E-state index in [2.05, 4.69) is 36.2 Å². The minimum Gasteiger partial charge on any atom is -0.375 e. The Morgan fingerprint density at radius 3 is 3.05 bits per heavy atom. The Hall–Kier alpha value is -1.13. The highest BCUT2D eigenvalue weighted by atomic mass is 16.5. The van der Waals surface area contributed by atoms with Crippen molar-refractivity contribution in [3.63, 3.8) is 0 Å². The van der Waals surface area contributed by atoms with Crippen LogP contribution >= 0.6 is 0 Å². The third kappa shape index (κ3) is 2.31. The van der Waals surface area contributed by atoms with Gasteiger partial charge in [0.1, 0.15) is 5.82 Å². The second kappa shape index (κ2) is 5.70. The second-order valence-corrected chi connectivity index (χ2v) is 6.00. The third-order valence-corrected chi connectivity index (χ3v) is 4.53. The zero-order chi connectivity index (χ0) is 14.1. The number of fused-ring (bicyclic) bond motifs is 3. The van der Waals surface area contributed by atoms with E-state index in [4.69, 9.17) is 9.72 Å². The Morgan fingerprint density at radius 1 is 1.45 bits per heavy atom. The van der Waals surface area contributed by atoms with Gasteiger partial charge in [0.15, 0.2) is 0 Å². The van der Waals surface area contributed by atoms with Gasteiger partial charge in [0, 0.05) is 32.3 Å². The van der Waals surface area contributed by atoms with Crippen LogP contribution in [0.3, 0.4) is 0 Å². The summed E-state index contributed by atoms with van der Waals surface area (Å²) in [6.45, 7) is 6.58. The van der Waals surface area contributed by atoms with Crippen LogP contribution in [0.25, 0.3) is 0 Å². The zero-order valence-corrected chi connectivity index (χ0v) is 12.7. The lowest BCUT2D eigenvalue weighted by Gasteiger charge is -2.37. The average molecular weight is 275 g/mol. The van der Waals surface area contributed by atoms with E-state index in [1.54, 1.807) is 7.11 Å². The van der Waals surface area contributed by atoms with Gasteiger partial charge in [-0.25, -0.2) is 4.98 Å². The molecule has 1 aromatic heterocycles. The Balaban J connectivity index is 1.91. The fourth-order valence-corrected chi connectivity index (χ4v) is 3.52. The summed E-state index contributed by atoms with van der Waals surface area (Å²) in [6.07, 6.45) is 3.39. The van der Waals surface area contributed by atoms with Crippen LogP contribution in [-0.4, -0.2) is 37.3 Å². The molecular weight excluding hydrogens is 250 g/mol. The minimum atomic E-state index is 0.127. The predicted octanol–water partition coefficient (Wildman–Crippen LogP) is 2.29. The molecule has 0 saturated carbocycles. The SMILES string of the molecule is CCC[C@@H](OC)c1ccc2c(n1)N1[C@@H](CNC[C@H]1C)C2. The topological polar surface area (TPSA) is 37.4 Å². The van der Waals surface area contributed by atoms with Gasteiger partial charge in [0.25, 0.3) is 0 Å². The molecule has 0 aromatic carbocycles. The third-order valence-electron chi connectivity index (χ3n) is 4.53. The van der Waals surface area contributed by atoms with E-state index in [0.717, 1.165) is 38.0 Å². The number of pyridine rings is 1. The van der Waals surface area contributed by atoms with Crippen LogP contribution < -0.4 is 10.2 Å². The first-order valence-electron chi connectivity index (χ1n) is 7.76. The van der Waals surface area contributed by atoms with Gasteiger partial charge >= 0.3 is 0 Å². The standard InChI is InChI=1S/C16H25N3O/c1-4-5-15(20-3)14-7-6-12-8-13-10-17-9-11(2)19(13)16(12)18-14/h6-7,11,13,15,17H,4-5,8-10H2,1-3H3/t11-,13-,15-/m1/s1. The molecule has 0 aliphatic carbocycles. The molecule has 1 aromatic rings. The highest BCUT2D eigenvalue weighted by molar-refractivity contribution is 5.56. The number of hydrogen-bond acceptors (Lipinski definition) is 4. The Kier molecular flexibility index (Phi) is 3.94. The molecule has 4 nitrogen and oxygen atoms in total. The summed E-state index contributed by atoms with van der Waals surface area (Å²) in [5, 5.41) is 3.52. The fourth-order valence-electron chi connectivity index (χ4n) is 3.52. The highest BCUT2D eigenvalue weighted by Crippen LogP contribution is 2.35. The first-order valence-corrected chi connectivity index (χ1v) is 7.76. The molecule has 1 saturated heterocycles. The van der Waals surface area contributed by atoms with Crippen LogP contribution in [0.15, 0.2) is 12.1 Å². The van der Waals surface area contributed by atoms with Gasteiger partial charge in [-0.05, 0) is 31.4 Å². The summed E-state index contributed by atoms with van der Waals surface area (Å²) >= 11 is 0. The van der Waals surface area contributed by atoms with E-state index >= 15 is 0 Å². The number of hydrogen-bond donors (Lipinski definition) is 1. The number of methoxy groups -OCH3 is 1. The molecule has 0 unspecified atom stereocenters. The van der Waals surface area contributed by atoms with Crippen LogP contribution in [-0.2, 0) is 11.2 Å². The van der Waals surface area contributed by atoms with Gasteiger partial charge < -0.3 is 15.0 Å². The van der Waals surface area contributed by atoms with Crippen molar-refractivity contribution in [2.75, 3.05) is 25.1 Å². The maximum absolute atomic E-state index is 5.61. The molecule has 3 heterocycles. The minimum absolute atomic E-state index is 0.127. The molecule has 0 amide bonds. The molecule has 4 heteroatoms. The van der Waals surface area contributed by atoms with Crippen LogP contribution in [0.5, 0.6) is 0 Å². The van der Waals surface area contributed by atoms with Crippen molar-refractivity contribution in [3.05, 3.63) is 23.4 Å². The number of rotatable bonds is 4. The van der Waals surface area contributed by atoms with E-state index in [1.165, 1.54) is 11.4 Å². The first-order chi connectivity index (χ1) is 9.74. The van der Waals surface area contributed by atoms with Gasteiger partial charge in [0.2, 0.25) is 0 Å². The summed E-state index contributed by atoms with van der Waals surface area (Å²) in [5.74, 6) is 1.19. The van der Waals surface area contributed by atoms with E-state index < -0.39 is 0 Å². The van der Waals surface area contributed by atoms with Gasteiger partial charge in [-0.2, -0.15) is 0 Å². The van der Waals surface area contributed by atoms with Crippen molar-refractivity contribution >= 4 is 5.82 Å². The second-order valence-electron chi connectivity index (χ2n) is 6.00. The smallest absolute Gasteiger partial charge is 0.132 e. The largest absolute Gasteiger partial charge is 0.375 e. The van der Waals surface area contributed by atoms with E-state index in [0.29, 0.717) is 12.1 Å². The zero-order valence-electron chi connectivity index (χ0n) is 12.7. The average Bonchev–Trinajstić information content (AvgIpc) is 2.83. The molecule has 2 aliphatic rings. The Bertz CT molecular complexity index is 477. The molecule has 1 N–H and O–H groups in total. The summed E-state index contributed by atoms with van der Waals surface area (Å²) in [4.78, 5) is 7.46. The lowest BCUT2D eigenvalue weighted by Crippen LogP contribution is -2.55. The molecule has 0 bridgehead atoms. The normalized spacial score (nSPS) is 26.2. The molecule has 110 valence electrons. The van der Waals surface area contributed by atoms with Crippen LogP contribution in [0, 0.1) is 0 Å². The number of nitrogens with zero attached hydrogens (tertiary/aromatic N) is 2. The van der Waals surface area contributed by atoms with Gasteiger partial charge in [0.05, 0.1) is 11.8 Å². The molecule has 2 aliphatic heterocycles. The lowest BCUT2D eigenvalue weighted by atomic mass is 10.1. The number of anilines is 1. The van der Waals surface area contributed by atoms with Gasteiger partial charge in [-0.15, -0.1) is 0 Å². The number of nitrogens with one attached hydrogen (secondary N) is 1. The van der Waals surface area contributed by atoms with E-state index in [1.807, 2.05) is 0 Å². The number of aromatic nitrogens is 1. The fraction of sp³-hybridized carbons (Fsp3) is 0.688. The molecule has 0 radical (unpaired) electrons. The summed E-state index contributed by atoms with van der Waals surface area (Å²) in [7, 11) is 1.78. The van der Waals surface area contributed by atoms with Gasteiger partial charge in [-0.1, -0.05) is 19.4 Å². The van der Waals surface area contributed by atoms with Crippen molar-refractivity contribution in [1.82, 2.24) is 10.3 Å². The maximum Gasteiger partial charge on any atom is 0.132 e. The first kappa shape index (κ1) is 13.8. The molecule has 1 fully saturated rings. The summed E-state index contributed by atoms with van der Waals surface area (Å²) in [5.41, 5.74) is 2.47.